The van der Waals surface area contributed by atoms with E-state index in [-0.39, 0.29) is 0 Å². The molecule has 4 nitrogen and oxygen atoms in total. The van der Waals surface area contributed by atoms with Crippen LogP contribution in [0.2, 0.25) is 0 Å². The largest absolute Gasteiger partial charge is 0.355 e. The lowest BCUT2D eigenvalue weighted by Gasteiger charge is -2.07. The molecule has 6 heteroatoms. The fourth-order valence-corrected chi connectivity index (χ4v) is 4.37. The summed E-state index contributed by atoms with van der Waals surface area (Å²) in [5.41, 5.74) is 5.04. The molecule has 1 saturated heterocycles. The molecule has 0 radical (unpaired) electrons. The van der Waals surface area contributed by atoms with Gasteiger partial charge < -0.3 is 10.2 Å². The van der Waals surface area contributed by atoms with Gasteiger partial charge in [0.25, 0.3) is 0 Å². The van der Waals surface area contributed by atoms with Gasteiger partial charge in [-0.3, -0.25) is 0 Å². The van der Waals surface area contributed by atoms with Gasteiger partial charge in [0.2, 0.25) is 0 Å². The van der Waals surface area contributed by atoms with Crippen LogP contribution in [-0.4, -0.2) is 35.0 Å². The van der Waals surface area contributed by atoms with E-state index in [9.17, 15) is 0 Å². The number of likely N-dealkylation sites (tertiary alicyclic amines) is 1. The van der Waals surface area contributed by atoms with E-state index in [1.54, 1.807) is 22.7 Å². The third-order valence-electron chi connectivity index (χ3n) is 4.31. The van der Waals surface area contributed by atoms with E-state index in [2.05, 4.69) is 56.9 Å². The predicted octanol–water partition coefficient (Wildman–Crippen LogP) is 5.36. The van der Waals surface area contributed by atoms with Crippen molar-refractivity contribution in [2.24, 2.45) is 0 Å². The van der Waals surface area contributed by atoms with Crippen molar-refractivity contribution in [1.29, 1.82) is 0 Å². The minimum Gasteiger partial charge on any atom is -0.355 e. The zero-order valence-electron chi connectivity index (χ0n) is 14.1. The zero-order chi connectivity index (χ0) is 17.1. The number of fused-ring (bicyclic) bond motifs is 2. The number of nitrogens with zero attached hydrogens (tertiary/aromatic N) is 3. The van der Waals surface area contributed by atoms with Crippen LogP contribution in [0, 0.1) is 0 Å². The molecule has 0 aliphatic carbocycles. The monoisotopic (exact) mass is 368 g/mol. The molecular formula is C19H20N4S2. The van der Waals surface area contributed by atoms with Crippen molar-refractivity contribution < 1.29 is 0 Å². The maximum absolute atomic E-state index is 4.35. The Morgan fingerprint density at radius 2 is 1.92 bits per heavy atom. The summed E-state index contributed by atoms with van der Waals surface area (Å²) in [6.07, 6.45) is 4.66. The maximum atomic E-state index is 4.35. The van der Waals surface area contributed by atoms with Crippen LogP contribution in [0.4, 0.5) is 11.4 Å². The lowest BCUT2D eigenvalue weighted by molar-refractivity contribution is 0.418. The second kappa shape index (κ2) is 7.47. The number of thiazole rings is 1. The second-order valence-corrected chi connectivity index (χ2v) is 7.95. The normalized spacial score (nSPS) is 14.6. The van der Waals surface area contributed by atoms with E-state index in [1.807, 2.05) is 17.8 Å². The zero-order valence-corrected chi connectivity index (χ0v) is 15.7. The predicted molar refractivity (Wildman–Crippen MR) is 109 cm³/mol. The SMILES string of the molecule is CN1CCCC1.c1cc(Nc2ccc3scnc3c2)c2ccsc2n1. The topological polar surface area (TPSA) is 41.0 Å². The Morgan fingerprint density at radius 3 is 2.72 bits per heavy atom. The highest BCUT2D eigenvalue weighted by molar-refractivity contribution is 7.17. The van der Waals surface area contributed by atoms with Crippen LogP contribution < -0.4 is 5.32 Å². The van der Waals surface area contributed by atoms with Crippen LogP contribution in [0.25, 0.3) is 20.4 Å². The average molecular weight is 369 g/mol. The number of rotatable bonds is 2. The van der Waals surface area contributed by atoms with Gasteiger partial charge in [-0.25, -0.2) is 9.97 Å². The van der Waals surface area contributed by atoms with Crippen molar-refractivity contribution in [1.82, 2.24) is 14.9 Å². The standard InChI is InChI=1S/C14H9N3S2.C5H11N/c1-2-13-12(16-8-19-13)7-9(1)17-11-3-5-15-14-10(11)4-6-18-14;1-6-4-2-3-5-6/h1-8H,(H,15,17);2-5H2,1H3. The summed E-state index contributed by atoms with van der Waals surface area (Å²) >= 11 is 3.31. The molecular weight excluding hydrogens is 348 g/mol. The molecule has 3 aromatic heterocycles. The molecule has 25 heavy (non-hydrogen) atoms. The number of benzene rings is 1. The molecule has 0 bridgehead atoms. The van der Waals surface area contributed by atoms with E-state index in [0.717, 1.165) is 27.1 Å². The molecule has 5 rings (SSSR count). The van der Waals surface area contributed by atoms with Crippen LogP contribution in [-0.2, 0) is 0 Å². The minimum atomic E-state index is 1.03. The average Bonchev–Trinajstić information content (AvgIpc) is 3.36. The van der Waals surface area contributed by atoms with E-state index >= 15 is 0 Å². The molecule has 1 aliphatic rings. The molecule has 1 aromatic carbocycles. The van der Waals surface area contributed by atoms with Crippen molar-refractivity contribution in [3.05, 3.63) is 47.4 Å². The Balaban J connectivity index is 0.000000223. The van der Waals surface area contributed by atoms with Gasteiger partial charge in [0.05, 0.1) is 21.4 Å². The second-order valence-electron chi connectivity index (χ2n) is 6.17. The molecule has 0 atom stereocenters. The number of hydrogen-bond acceptors (Lipinski definition) is 6. The van der Waals surface area contributed by atoms with Crippen LogP contribution in [0.15, 0.2) is 47.4 Å². The molecule has 0 spiro atoms. The van der Waals surface area contributed by atoms with Gasteiger partial charge >= 0.3 is 0 Å². The van der Waals surface area contributed by atoms with Crippen molar-refractivity contribution in [2.45, 2.75) is 12.8 Å². The van der Waals surface area contributed by atoms with Crippen molar-refractivity contribution in [3.63, 3.8) is 0 Å². The molecule has 0 unspecified atom stereocenters. The van der Waals surface area contributed by atoms with Crippen LogP contribution in [0.3, 0.4) is 0 Å². The van der Waals surface area contributed by atoms with Gasteiger partial charge in [-0.1, -0.05) is 0 Å². The van der Waals surface area contributed by atoms with Gasteiger partial charge in [0.1, 0.15) is 4.83 Å². The van der Waals surface area contributed by atoms with Crippen LogP contribution >= 0.6 is 22.7 Å². The minimum absolute atomic E-state index is 1.03. The summed E-state index contributed by atoms with van der Waals surface area (Å²) in [6, 6.07) is 10.3. The van der Waals surface area contributed by atoms with Crippen molar-refractivity contribution in [3.8, 4) is 0 Å². The molecule has 0 amide bonds. The Morgan fingerprint density at radius 1 is 1.04 bits per heavy atom. The maximum Gasteiger partial charge on any atom is 0.125 e. The van der Waals surface area contributed by atoms with Gasteiger partial charge in [-0.2, -0.15) is 0 Å². The van der Waals surface area contributed by atoms with Crippen LogP contribution in [0.5, 0.6) is 0 Å². The molecule has 1 N–H and O–H groups in total. The first-order chi connectivity index (χ1) is 12.3. The molecule has 4 aromatic rings. The number of hydrogen-bond donors (Lipinski definition) is 1. The summed E-state index contributed by atoms with van der Waals surface area (Å²) in [7, 11) is 2.17. The summed E-state index contributed by atoms with van der Waals surface area (Å²) in [5.74, 6) is 0. The highest BCUT2D eigenvalue weighted by Gasteiger charge is 2.05. The quantitative estimate of drug-likeness (QED) is 0.517. The van der Waals surface area contributed by atoms with E-state index in [4.69, 9.17) is 0 Å². The number of nitrogens with one attached hydrogen (secondary N) is 1. The summed E-state index contributed by atoms with van der Waals surface area (Å²) in [4.78, 5) is 12.1. The third-order valence-corrected chi connectivity index (χ3v) is 5.94. The summed E-state index contributed by atoms with van der Waals surface area (Å²) < 4.78 is 1.21. The molecule has 4 heterocycles. The summed E-state index contributed by atoms with van der Waals surface area (Å²) in [6.45, 7) is 2.64. The van der Waals surface area contributed by atoms with Gasteiger partial charge in [0, 0.05) is 17.3 Å². The molecule has 0 saturated carbocycles. The highest BCUT2D eigenvalue weighted by Crippen LogP contribution is 2.29. The van der Waals surface area contributed by atoms with Gasteiger partial charge in [-0.15, -0.1) is 22.7 Å². The Bertz CT molecular complexity index is 970. The first-order valence-electron chi connectivity index (χ1n) is 8.40. The lowest BCUT2D eigenvalue weighted by Crippen LogP contribution is -2.10. The van der Waals surface area contributed by atoms with Gasteiger partial charge in [-0.05, 0) is 68.7 Å². The van der Waals surface area contributed by atoms with Gasteiger partial charge in [0.15, 0.2) is 0 Å². The van der Waals surface area contributed by atoms with Crippen molar-refractivity contribution >= 4 is 54.5 Å². The summed E-state index contributed by atoms with van der Waals surface area (Å²) in [5, 5.41) is 6.67. The fourth-order valence-electron chi connectivity index (χ4n) is 2.95. The number of thiophene rings is 1. The first kappa shape index (κ1) is 16.4. The smallest absolute Gasteiger partial charge is 0.125 e. The number of pyridine rings is 1. The Labute approximate surface area is 155 Å². The first-order valence-corrected chi connectivity index (χ1v) is 10.2. The Kier molecular flexibility index (Phi) is 4.92. The van der Waals surface area contributed by atoms with E-state index < -0.39 is 0 Å². The van der Waals surface area contributed by atoms with E-state index in [1.165, 1.54) is 30.6 Å². The highest BCUT2D eigenvalue weighted by atomic mass is 32.1. The van der Waals surface area contributed by atoms with Crippen molar-refractivity contribution in [2.75, 3.05) is 25.5 Å². The number of aromatic nitrogens is 2. The number of anilines is 2. The Hall–Kier alpha value is -2.02. The van der Waals surface area contributed by atoms with Crippen LogP contribution in [0.1, 0.15) is 12.8 Å². The third kappa shape index (κ3) is 3.81. The lowest BCUT2D eigenvalue weighted by atomic mass is 10.2. The molecule has 128 valence electrons. The molecule has 1 fully saturated rings. The van der Waals surface area contributed by atoms with E-state index in [0.29, 0.717) is 0 Å². The molecule has 1 aliphatic heterocycles. The fraction of sp³-hybridized carbons (Fsp3) is 0.263.